The molecule has 2 saturated heterocycles. The van der Waals surface area contributed by atoms with E-state index >= 15 is 0 Å². The van der Waals surface area contributed by atoms with Crippen LogP contribution in [-0.2, 0) is 9.47 Å². The Morgan fingerprint density at radius 1 is 1.27 bits per heavy atom. The van der Waals surface area contributed by atoms with Gasteiger partial charge in [-0.15, -0.1) is 0 Å². The maximum absolute atomic E-state index is 10.5. The first kappa shape index (κ1) is 16.5. The highest BCUT2D eigenvalue weighted by atomic mass is 35.5. The number of ether oxygens (including phenoxy) is 2. The van der Waals surface area contributed by atoms with Gasteiger partial charge in [-0.1, -0.05) is 23.2 Å². The van der Waals surface area contributed by atoms with Crippen LogP contribution in [0.2, 0.25) is 10.0 Å². The third kappa shape index (κ3) is 3.94. The van der Waals surface area contributed by atoms with Crippen LogP contribution in [0.15, 0.2) is 18.2 Å². The minimum absolute atomic E-state index is 0.0882. The maximum Gasteiger partial charge on any atom is 0.161 e. The lowest BCUT2D eigenvalue weighted by molar-refractivity contribution is -0.102. The second-order valence-electron chi connectivity index (χ2n) is 5.95. The zero-order valence-electron chi connectivity index (χ0n) is 12.4. The minimum Gasteiger partial charge on any atom is -0.387 e. The molecule has 0 spiro atoms. The van der Waals surface area contributed by atoms with Crippen molar-refractivity contribution in [2.24, 2.45) is 5.92 Å². The van der Waals surface area contributed by atoms with E-state index in [1.807, 2.05) is 0 Å². The Morgan fingerprint density at radius 3 is 2.82 bits per heavy atom. The van der Waals surface area contributed by atoms with E-state index in [9.17, 15) is 5.11 Å². The molecule has 1 N–H and O–H groups in total. The van der Waals surface area contributed by atoms with Gasteiger partial charge in [-0.05, 0) is 37.6 Å². The van der Waals surface area contributed by atoms with Gasteiger partial charge in [0.1, 0.15) is 0 Å². The monoisotopic (exact) mass is 345 g/mol. The third-order valence-electron chi connectivity index (χ3n) is 4.32. The van der Waals surface area contributed by atoms with Crippen LogP contribution in [0.3, 0.4) is 0 Å². The van der Waals surface area contributed by atoms with Crippen molar-refractivity contribution in [3.63, 3.8) is 0 Å². The Bertz CT molecular complexity index is 508. The second kappa shape index (κ2) is 7.47. The standard InChI is InChI=1S/C16H21Cl2NO3/c17-12-3-4-14(18)13(8-12)15(20)10-19-5-1-2-11(9-19)16-21-6-7-22-16/h3-4,8,11,15-16,20H,1-2,5-7,9-10H2. The molecule has 2 unspecified atom stereocenters. The summed E-state index contributed by atoms with van der Waals surface area (Å²) < 4.78 is 11.2. The van der Waals surface area contributed by atoms with E-state index in [0.29, 0.717) is 41.3 Å². The van der Waals surface area contributed by atoms with Gasteiger partial charge in [0, 0.05) is 34.6 Å². The fraction of sp³-hybridized carbons (Fsp3) is 0.625. The normalized spacial score (nSPS) is 25.5. The van der Waals surface area contributed by atoms with E-state index in [-0.39, 0.29) is 6.29 Å². The van der Waals surface area contributed by atoms with Crippen LogP contribution in [0.5, 0.6) is 0 Å². The van der Waals surface area contributed by atoms with Crippen molar-refractivity contribution in [3.05, 3.63) is 33.8 Å². The molecule has 2 heterocycles. The fourth-order valence-electron chi connectivity index (χ4n) is 3.24. The minimum atomic E-state index is -0.643. The molecule has 2 aliphatic rings. The molecule has 0 aliphatic carbocycles. The molecular weight excluding hydrogens is 325 g/mol. The molecule has 1 aromatic rings. The summed E-state index contributed by atoms with van der Waals surface area (Å²) in [6.07, 6.45) is 1.46. The fourth-order valence-corrected chi connectivity index (χ4v) is 3.67. The molecule has 4 nitrogen and oxygen atoms in total. The van der Waals surface area contributed by atoms with Crippen LogP contribution in [0, 0.1) is 5.92 Å². The van der Waals surface area contributed by atoms with E-state index < -0.39 is 6.10 Å². The third-order valence-corrected chi connectivity index (χ3v) is 4.90. The summed E-state index contributed by atoms with van der Waals surface area (Å²) in [5.74, 6) is 0.373. The molecule has 6 heteroatoms. The van der Waals surface area contributed by atoms with Crippen molar-refractivity contribution in [2.75, 3.05) is 32.8 Å². The van der Waals surface area contributed by atoms with E-state index in [1.165, 1.54) is 0 Å². The molecular formula is C16H21Cl2NO3. The van der Waals surface area contributed by atoms with Gasteiger partial charge in [-0.2, -0.15) is 0 Å². The topological polar surface area (TPSA) is 41.9 Å². The molecule has 2 fully saturated rings. The molecule has 2 atom stereocenters. The van der Waals surface area contributed by atoms with Gasteiger partial charge in [0.2, 0.25) is 0 Å². The lowest BCUT2D eigenvalue weighted by Gasteiger charge is -2.35. The number of rotatable bonds is 4. The number of aliphatic hydroxyl groups is 1. The highest BCUT2D eigenvalue weighted by molar-refractivity contribution is 6.33. The van der Waals surface area contributed by atoms with E-state index in [2.05, 4.69) is 4.90 Å². The van der Waals surface area contributed by atoms with Crippen molar-refractivity contribution in [1.82, 2.24) is 4.90 Å². The number of β-amino-alcohol motifs (C(OH)–C–C–N with tert-alkyl or cyclic N) is 1. The molecule has 122 valence electrons. The van der Waals surface area contributed by atoms with Gasteiger partial charge in [-0.3, -0.25) is 4.90 Å². The number of hydrogen-bond donors (Lipinski definition) is 1. The van der Waals surface area contributed by atoms with Crippen molar-refractivity contribution in [3.8, 4) is 0 Å². The Labute approximate surface area is 140 Å². The average Bonchev–Trinajstić information content (AvgIpc) is 3.04. The number of hydrogen-bond acceptors (Lipinski definition) is 4. The predicted molar refractivity (Wildman–Crippen MR) is 86.3 cm³/mol. The van der Waals surface area contributed by atoms with Crippen LogP contribution in [-0.4, -0.2) is 49.1 Å². The highest BCUT2D eigenvalue weighted by Gasteiger charge is 2.31. The van der Waals surface area contributed by atoms with Crippen LogP contribution >= 0.6 is 23.2 Å². The first-order valence-corrected chi connectivity index (χ1v) is 8.47. The quantitative estimate of drug-likeness (QED) is 0.910. The van der Waals surface area contributed by atoms with E-state index in [1.54, 1.807) is 18.2 Å². The Morgan fingerprint density at radius 2 is 2.05 bits per heavy atom. The van der Waals surface area contributed by atoms with Crippen molar-refractivity contribution in [2.45, 2.75) is 25.2 Å². The van der Waals surface area contributed by atoms with Crippen LogP contribution < -0.4 is 0 Å². The van der Waals surface area contributed by atoms with E-state index in [0.717, 1.165) is 25.9 Å². The zero-order chi connectivity index (χ0) is 15.5. The highest BCUT2D eigenvalue weighted by Crippen LogP contribution is 2.29. The molecule has 0 bridgehead atoms. The smallest absolute Gasteiger partial charge is 0.161 e. The number of aliphatic hydroxyl groups excluding tert-OH is 1. The van der Waals surface area contributed by atoms with Gasteiger partial charge in [-0.25, -0.2) is 0 Å². The summed E-state index contributed by atoms with van der Waals surface area (Å²) in [5.41, 5.74) is 0.685. The zero-order valence-corrected chi connectivity index (χ0v) is 13.9. The predicted octanol–water partition coefficient (Wildman–Crippen LogP) is 3.11. The van der Waals surface area contributed by atoms with Gasteiger partial charge >= 0.3 is 0 Å². The summed E-state index contributed by atoms with van der Waals surface area (Å²) in [6, 6.07) is 5.19. The molecule has 0 radical (unpaired) electrons. The Kier molecular flexibility index (Phi) is 5.60. The number of piperidine rings is 1. The van der Waals surface area contributed by atoms with Gasteiger partial charge < -0.3 is 14.6 Å². The van der Waals surface area contributed by atoms with Crippen LogP contribution in [0.25, 0.3) is 0 Å². The summed E-state index contributed by atoms with van der Waals surface area (Å²) in [6.45, 7) is 3.76. The van der Waals surface area contributed by atoms with Gasteiger partial charge in [0.15, 0.2) is 6.29 Å². The molecule has 0 aromatic heterocycles. The van der Waals surface area contributed by atoms with Crippen molar-refractivity contribution in [1.29, 1.82) is 0 Å². The van der Waals surface area contributed by atoms with Gasteiger partial charge in [0.25, 0.3) is 0 Å². The second-order valence-corrected chi connectivity index (χ2v) is 6.80. The lowest BCUT2D eigenvalue weighted by atomic mass is 9.96. The number of benzene rings is 1. The number of halogens is 2. The summed E-state index contributed by atoms with van der Waals surface area (Å²) in [7, 11) is 0. The SMILES string of the molecule is OC(CN1CCCC(C2OCCO2)C1)c1cc(Cl)ccc1Cl. The lowest BCUT2D eigenvalue weighted by Crippen LogP contribution is -2.42. The molecule has 3 rings (SSSR count). The average molecular weight is 346 g/mol. The summed E-state index contributed by atoms with van der Waals surface area (Å²) in [4.78, 5) is 2.25. The molecule has 0 saturated carbocycles. The largest absolute Gasteiger partial charge is 0.387 e. The summed E-state index contributed by atoms with van der Waals surface area (Å²) in [5, 5.41) is 11.6. The first-order valence-electron chi connectivity index (χ1n) is 7.72. The van der Waals surface area contributed by atoms with Gasteiger partial charge in [0.05, 0.1) is 19.3 Å². The number of nitrogens with zero attached hydrogens (tertiary/aromatic N) is 1. The summed E-state index contributed by atoms with van der Waals surface area (Å²) >= 11 is 12.2. The Hall–Kier alpha value is -0.360. The maximum atomic E-state index is 10.5. The van der Waals surface area contributed by atoms with Crippen LogP contribution in [0.4, 0.5) is 0 Å². The van der Waals surface area contributed by atoms with E-state index in [4.69, 9.17) is 32.7 Å². The Balaban J connectivity index is 1.60. The molecule has 22 heavy (non-hydrogen) atoms. The molecule has 1 aromatic carbocycles. The number of likely N-dealkylation sites (tertiary alicyclic amines) is 1. The molecule has 2 aliphatic heterocycles. The van der Waals surface area contributed by atoms with Crippen LogP contribution in [0.1, 0.15) is 24.5 Å². The van der Waals surface area contributed by atoms with Crippen molar-refractivity contribution < 1.29 is 14.6 Å². The van der Waals surface area contributed by atoms with Crippen molar-refractivity contribution >= 4 is 23.2 Å². The molecule has 0 amide bonds. The first-order chi connectivity index (χ1) is 10.6.